The van der Waals surface area contributed by atoms with Crippen LogP contribution < -0.4 is 0 Å². The second-order valence-corrected chi connectivity index (χ2v) is 7.56. The number of pyridine rings is 1. The van der Waals surface area contributed by atoms with Gasteiger partial charge in [-0.05, 0) is 51.0 Å². The van der Waals surface area contributed by atoms with Crippen LogP contribution in [0.3, 0.4) is 0 Å². The fourth-order valence-corrected chi connectivity index (χ4v) is 3.85. The number of carbonyl (C=O) groups is 1. The van der Waals surface area contributed by atoms with Gasteiger partial charge in [-0.3, -0.25) is 9.89 Å². The Balaban J connectivity index is 1.73. The second-order valence-electron chi connectivity index (χ2n) is 6.38. The molecular weight excluding hydrogens is 381 g/mol. The van der Waals surface area contributed by atoms with Gasteiger partial charge >= 0.3 is 0 Å². The third-order valence-electron chi connectivity index (χ3n) is 4.41. The topological polar surface area (TPSA) is 66.8 Å². The summed E-state index contributed by atoms with van der Waals surface area (Å²) < 4.78 is 2.69. The number of rotatable bonds is 3. The number of nitrogens with one attached hydrogen (secondary N) is 1. The van der Waals surface area contributed by atoms with Crippen LogP contribution in [-0.4, -0.2) is 43.6 Å². The maximum absolute atomic E-state index is 12.7. The monoisotopic (exact) mass is 399 g/mol. The van der Waals surface area contributed by atoms with Crippen LogP contribution in [0.2, 0.25) is 10.2 Å². The first-order valence-electron chi connectivity index (χ1n) is 8.16. The highest BCUT2D eigenvalue weighted by Crippen LogP contribution is 2.29. The summed E-state index contributed by atoms with van der Waals surface area (Å²) in [7, 11) is 0. The molecule has 6 nitrogen and oxygen atoms in total. The molecule has 1 fully saturated rings. The summed E-state index contributed by atoms with van der Waals surface area (Å²) in [6.07, 6.45) is 1.63. The van der Waals surface area contributed by atoms with E-state index in [4.69, 9.17) is 35.4 Å². The van der Waals surface area contributed by atoms with Crippen molar-refractivity contribution in [2.45, 2.75) is 38.6 Å². The highest BCUT2D eigenvalue weighted by molar-refractivity contribution is 7.71. The van der Waals surface area contributed by atoms with Crippen molar-refractivity contribution in [2.75, 3.05) is 13.1 Å². The number of amides is 1. The highest BCUT2D eigenvalue weighted by atomic mass is 35.5. The average Bonchev–Trinajstić information content (AvgIpc) is 2.98. The number of likely N-dealkylation sites (tertiary alicyclic amines) is 1. The smallest absolute Gasteiger partial charge is 0.274 e. The summed E-state index contributed by atoms with van der Waals surface area (Å²) in [6.45, 7) is 5.40. The Bertz CT molecular complexity index is 839. The van der Waals surface area contributed by atoms with Crippen molar-refractivity contribution in [1.29, 1.82) is 0 Å². The molecule has 0 atom stereocenters. The number of aromatic amines is 1. The summed E-state index contributed by atoms with van der Waals surface area (Å²) in [5.74, 6) is 1.04. The standard InChI is InChI=1S/C16H19Cl2N5OS/c1-9(2)23-14(20-21-16(23)25)10-5-7-22(8-6-10)15(24)13-11(17)3-4-12(18)19-13/h3-4,9-10H,5-8H2,1-2H3,(H,21,25). The molecule has 1 N–H and O–H groups in total. The van der Waals surface area contributed by atoms with Crippen LogP contribution in [0, 0.1) is 4.77 Å². The first-order valence-corrected chi connectivity index (χ1v) is 9.33. The van der Waals surface area contributed by atoms with Gasteiger partial charge in [-0.25, -0.2) is 4.98 Å². The SMILES string of the molecule is CC(C)n1c(C2CCN(C(=O)c3nc(Cl)ccc3Cl)CC2)n[nH]c1=S. The molecule has 1 aliphatic rings. The Kier molecular flexibility index (Phi) is 5.46. The molecule has 25 heavy (non-hydrogen) atoms. The molecule has 1 amide bonds. The van der Waals surface area contributed by atoms with Crippen LogP contribution in [0.5, 0.6) is 0 Å². The van der Waals surface area contributed by atoms with Gasteiger partial charge in [0.25, 0.3) is 5.91 Å². The molecule has 2 aromatic heterocycles. The van der Waals surface area contributed by atoms with E-state index in [0.717, 1.165) is 18.7 Å². The van der Waals surface area contributed by atoms with Crippen molar-refractivity contribution >= 4 is 41.3 Å². The molecular formula is C16H19Cl2N5OS. The van der Waals surface area contributed by atoms with E-state index in [2.05, 4.69) is 29.0 Å². The van der Waals surface area contributed by atoms with Gasteiger partial charge in [-0.2, -0.15) is 5.10 Å². The molecule has 3 heterocycles. The van der Waals surface area contributed by atoms with Crippen molar-refractivity contribution in [3.63, 3.8) is 0 Å². The Labute approximate surface area is 161 Å². The van der Waals surface area contributed by atoms with E-state index in [1.165, 1.54) is 0 Å². The molecule has 0 spiro atoms. The van der Waals surface area contributed by atoms with Crippen molar-refractivity contribution < 1.29 is 4.79 Å². The lowest BCUT2D eigenvalue weighted by Gasteiger charge is -2.32. The van der Waals surface area contributed by atoms with Gasteiger partial charge in [-0.15, -0.1) is 0 Å². The van der Waals surface area contributed by atoms with Crippen LogP contribution in [0.4, 0.5) is 0 Å². The summed E-state index contributed by atoms with van der Waals surface area (Å²) in [6, 6.07) is 3.41. The molecule has 0 saturated carbocycles. The molecule has 1 aliphatic heterocycles. The maximum atomic E-state index is 12.7. The lowest BCUT2D eigenvalue weighted by atomic mass is 9.95. The molecule has 9 heteroatoms. The van der Waals surface area contributed by atoms with Crippen LogP contribution in [-0.2, 0) is 0 Å². The van der Waals surface area contributed by atoms with Gasteiger partial charge in [0.15, 0.2) is 4.77 Å². The van der Waals surface area contributed by atoms with E-state index in [0.29, 0.717) is 22.9 Å². The first kappa shape index (κ1) is 18.4. The Morgan fingerprint density at radius 1 is 1.32 bits per heavy atom. The largest absolute Gasteiger partial charge is 0.337 e. The van der Waals surface area contributed by atoms with Crippen molar-refractivity contribution in [3.05, 3.63) is 38.6 Å². The predicted molar refractivity (Wildman–Crippen MR) is 99.9 cm³/mol. The van der Waals surface area contributed by atoms with E-state index in [1.807, 2.05) is 4.57 Å². The number of hydrogen-bond acceptors (Lipinski definition) is 4. The van der Waals surface area contributed by atoms with Crippen LogP contribution in [0.1, 0.15) is 55.0 Å². The van der Waals surface area contributed by atoms with E-state index < -0.39 is 0 Å². The molecule has 0 aliphatic carbocycles. The molecule has 3 rings (SSSR count). The fourth-order valence-electron chi connectivity index (χ4n) is 3.16. The minimum absolute atomic E-state index is 0.186. The molecule has 0 bridgehead atoms. The molecule has 0 radical (unpaired) electrons. The molecule has 2 aromatic rings. The number of H-pyrrole nitrogens is 1. The number of hydrogen-bond donors (Lipinski definition) is 1. The molecule has 1 saturated heterocycles. The fraction of sp³-hybridized carbons (Fsp3) is 0.500. The summed E-state index contributed by atoms with van der Waals surface area (Å²) >= 11 is 17.3. The Morgan fingerprint density at radius 3 is 2.64 bits per heavy atom. The lowest BCUT2D eigenvalue weighted by molar-refractivity contribution is 0.0704. The maximum Gasteiger partial charge on any atom is 0.274 e. The Hall–Kier alpha value is -1.44. The van der Waals surface area contributed by atoms with Gasteiger partial charge in [0.2, 0.25) is 0 Å². The number of carbonyl (C=O) groups excluding carboxylic acids is 1. The summed E-state index contributed by atoms with van der Waals surface area (Å²) in [5, 5.41) is 7.86. The van der Waals surface area contributed by atoms with E-state index in [-0.39, 0.29) is 28.7 Å². The van der Waals surface area contributed by atoms with E-state index in [1.54, 1.807) is 17.0 Å². The molecule has 0 unspecified atom stereocenters. The first-order chi connectivity index (χ1) is 11.9. The number of aromatic nitrogens is 4. The number of nitrogens with zero attached hydrogens (tertiary/aromatic N) is 4. The minimum Gasteiger partial charge on any atom is -0.337 e. The summed E-state index contributed by atoms with van der Waals surface area (Å²) in [4.78, 5) is 18.5. The third-order valence-corrected chi connectivity index (χ3v) is 5.21. The predicted octanol–water partition coefficient (Wildman–Crippen LogP) is 4.24. The zero-order chi connectivity index (χ0) is 18.1. The van der Waals surface area contributed by atoms with Crippen molar-refractivity contribution in [1.82, 2.24) is 24.6 Å². The van der Waals surface area contributed by atoms with Gasteiger partial charge in [0.1, 0.15) is 16.7 Å². The normalized spacial score (nSPS) is 15.8. The van der Waals surface area contributed by atoms with Gasteiger partial charge in [0, 0.05) is 25.0 Å². The van der Waals surface area contributed by atoms with E-state index in [9.17, 15) is 4.79 Å². The quantitative estimate of drug-likeness (QED) is 0.618. The second kappa shape index (κ2) is 7.43. The number of piperidine rings is 1. The van der Waals surface area contributed by atoms with E-state index >= 15 is 0 Å². The summed E-state index contributed by atoms with van der Waals surface area (Å²) in [5.41, 5.74) is 0.206. The zero-order valence-electron chi connectivity index (χ0n) is 14.0. The van der Waals surface area contributed by atoms with Gasteiger partial charge < -0.3 is 9.47 Å². The van der Waals surface area contributed by atoms with Crippen molar-refractivity contribution in [3.8, 4) is 0 Å². The highest BCUT2D eigenvalue weighted by Gasteiger charge is 2.29. The number of halogens is 2. The molecule has 0 aromatic carbocycles. The zero-order valence-corrected chi connectivity index (χ0v) is 16.3. The molecule has 134 valence electrons. The average molecular weight is 400 g/mol. The van der Waals surface area contributed by atoms with Crippen molar-refractivity contribution in [2.24, 2.45) is 0 Å². The van der Waals surface area contributed by atoms with Crippen LogP contribution >= 0.6 is 35.4 Å². The van der Waals surface area contributed by atoms with Crippen LogP contribution in [0.25, 0.3) is 0 Å². The third kappa shape index (κ3) is 3.73. The Morgan fingerprint density at radius 2 is 2.00 bits per heavy atom. The van der Waals surface area contributed by atoms with Crippen LogP contribution in [0.15, 0.2) is 12.1 Å². The lowest BCUT2D eigenvalue weighted by Crippen LogP contribution is -2.39. The van der Waals surface area contributed by atoms with Gasteiger partial charge in [-0.1, -0.05) is 23.2 Å². The van der Waals surface area contributed by atoms with Gasteiger partial charge in [0.05, 0.1) is 5.02 Å². The minimum atomic E-state index is -0.186.